The fraction of sp³-hybridized carbons (Fsp3) is 0.684. The maximum Gasteiger partial charge on any atom is 0.0348 e. The molecule has 0 spiro atoms. The first-order valence-corrected chi connectivity index (χ1v) is 8.32. The lowest BCUT2D eigenvalue weighted by Crippen LogP contribution is -2.33. The summed E-state index contributed by atoms with van der Waals surface area (Å²) in [6.07, 6.45) is 6.67. The number of nitrogens with one attached hydrogen (secondary N) is 1. The maximum atomic E-state index is 3.80. The fourth-order valence-electron chi connectivity index (χ4n) is 3.39. The van der Waals surface area contributed by atoms with Crippen molar-refractivity contribution >= 4 is 0 Å². The van der Waals surface area contributed by atoms with E-state index < -0.39 is 0 Å². The Morgan fingerprint density at radius 1 is 1.15 bits per heavy atom. The van der Waals surface area contributed by atoms with Crippen molar-refractivity contribution in [1.29, 1.82) is 0 Å². The van der Waals surface area contributed by atoms with Crippen molar-refractivity contribution < 1.29 is 0 Å². The second kappa shape index (κ2) is 6.76. The van der Waals surface area contributed by atoms with Crippen molar-refractivity contribution in [2.45, 2.75) is 65.8 Å². The van der Waals surface area contributed by atoms with E-state index in [-0.39, 0.29) is 0 Å². The van der Waals surface area contributed by atoms with E-state index in [0.717, 1.165) is 12.5 Å². The molecule has 0 heterocycles. The van der Waals surface area contributed by atoms with E-state index in [4.69, 9.17) is 0 Å². The molecule has 1 atom stereocenters. The Hall–Kier alpha value is -0.820. The Morgan fingerprint density at radius 3 is 2.30 bits per heavy atom. The summed E-state index contributed by atoms with van der Waals surface area (Å²) in [4.78, 5) is 0. The zero-order valence-electron chi connectivity index (χ0n) is 13.7. The van der Waals surface area contributed by atoms with Gasteiger partial charge in [-0.2, -0.15) is 0 Å². The first-order valence-electron chi connectivity index (χ1n) is 8.32. The van der Waals surface area contributed by atoms with Crippen LogP contribution in [0.2, 0.25) is 0 Å². The molecule has 1 nitrogen and oxygen atoms in total. The van der Waals surface area contributed by atoms with E-state index in [1.807, 2.05) is 0 Å². The quantitative estimate of drug-likeness (QED) is 0.772. The van der Waals surface area contributed by atoms with Gasteiger partial charge in [-0.25, -0.2) is 0 Å². The highest BCUT2D eigenvalue weighted by atomic mass is 14.9. The summed E-state index contributed by atoms with van der Waals surface area (Å²) in [6.45, 7) is 10.4. The SMILES string of the molecule is CCCNC(c1ccc(C)cc1)C1CCC(C)(C)CC1. The van der Waals surface area contributed by atoms with E-state index in [1.165, 1.54) is 43.2 Å². The van der Waals surface area contributed by atoms with Gasteiger partial charge < -0.3 is 5.32 Å². The molecule has 1 fully saturated rings. The minimum absolute atomic E-state index is 0.548. The molecular formula is C19H31N. The van der Waals surface area contributed by atoms with Crippen LogP contribution in [0.3, 0.4) is 0 Å². The number of aryl methyl sites for hydroxylation is 1. The van der Waals surface area contributed by atoms with E-state index >= 15 is 0 Å². The zero-order chi connectivity index (χ0) is 14.6. The van der Waals surface area contributed by atoms with Gasteiger partial charge in [0.1, 0.15) is 0 Å². The predicted octanol–water partition coefficient (Wildman–Crippen LogP) is 5.25. The van der Waals surface area contributed by atoms with Gasteiger partial charge in [-0.15, -0.1) is 0 Å². The van der Waals surface area contributed by atoms with Crippen LogP contribution < -0.4 is 5.32 Å². The molecule has 0 amide bonds. The number of benzene rings is 1. The Labute approximate surface area is 125 Å². The molecule has 0 aliphatic heterocycles. The summed E-state index contributed by atoms with van der Waals surface area (Å²) in [5.41, 5.74) is 3.39. The van der Waals surface area contributed by atoms with Crippen LogP contribution in [0, 0.1) is 18.3 Å². The van der Waals surface area contributed by atoms with Crippen molar-refractivity contribution in [3.8, 4) is 0 Å². The first-order chi connectivity index (χ1) is 9.52. The van der Waals surface area contributed by atoms with Gasteiger partial charge in [0.05, 0.1) is 0 Å². The molecule has 0 saturated heterocycles. The second-order valence-electron chi connectivity index (χ2n) is 7.34. The van der Waals surface area contributed by atoms with Crippen LogP contribution in [0.15, 0.2) is 24.3 Å². The van der Waals surface area contributed by atoms with Crippen molar-refractivity contribution in [2.75, 3.05) is 6.54 Å². The topological polar surface area (TPSA) is 12.0 Å². The Morgan fingerprint density at radius 2 is 1.75 bits per heavy atom. The summed E-state index contributed by atoms with van der Waals surface area (Å²) in [5, 5.41) is 3.80. The highest BCUT2D eigenvalue weighted by Gasteiger charge is 2.31. The lowest BCUT2D eigenvalue weighted by Gasteiger charge is -2.38. The smallest absolute Gasteiger partial charge is 0.0348 e. The average molecular weight is 273 g/mol. The van der Waals surface area contributed by atoms with Gasteiger partial charge in [-0.05, 0) is 62.5 Å². The molecule has 1 unspecified atom stereocenters. The van der Waals surface area contributed by atoms with Gasteiger partial charge >= 0.3 is 0 Å². The van der Waals surface area contributed by atoms with Crippen LogP contribution in [0.5, 0.6) is 0 Å². The summed E-state index contributed by atoms with van der Waals surface area (Å²) >= 11 is 0. The predicted molar refractivity (Wildman–Crippen MR) is 88.0 cm³/mol. The third kappa shape index (κ3) is 4.09. The van der Waals surface area contributed by atoms with Gasteiger partial charge in [-0.3, -0.25) is 0 Å². The minimum atomic E-state index is 0.548. The summed E-state index contributed by atoms with van der Waals surface area (Å²) in [7, 11) is 0. The molecule has 0 radical (unpaired) electrons. The van der Waals surface area contributed by atoms with Crippen LogP contribution >= 0.6 is 0 Å². The molecule has 20 heavy (non-hydrogen) atoms. The number of rotatable bonds is 5. The van der Waals surface area contributed by atoms with E-state index in [9.17, 15) is 0 Å². The monoisotopic (exact) mass is 273 g/mol. The minimum Gasteiger partial charge on any atom is -0.310 e. The largest absolute Gasteiger partial charge is 0.310 e. The van der Waals surface area contributed by atoms with Gasteiger partial charge in [0.2, 0.25) is 0 Å². The molecule has 1 aromatic rings. The highest BCUT2D eigenvalue weighted by molar-refractivity contribution is 5.25. The Balaban J connectivity index is 2.09. The van der Waals surface area contributed by atoms with E-state index in [2.05, 4.69) is 57.3 Å². The fourth-order valence-corrected chi connectivity index (χ4v) is 3.39. The van der Waals surface area contributed by atoms with Crippen LogP contribution in [-0.4, -0.2) is 6.54 Å². The van der Waals surface area contributed by atoms with Gasteiger partial charge in [0, 0.05) is 6.04 Å². The standard InChI is InChI=1S/C19H31N/c1-5-14-20-18(16-8-6-15(2)7-9-16)17-10-12-19(3,4)13-11-17/h6-9,17-18,20H,5,10-14H2,1-4H3. The highest BCUT2D eigenvalue weighted by Crippen LogP contribution is 2.42. The van der Waals surface area contributed by atoms with Crippen molar-refractivity contribution in [2.24, 2.45) is 11.3 Å². The number of hydrogen-bond donors (Lipinski definition) is 1. The van der Waals surface area contributed by atoms with E-state index in [0.29, 0.717) is 11.5 Å². The number of hydrogen-bond acceptors (Lipinski definition) is 1. The van der Waals surface area contributed by atoms with Crippen LogP contribution in [0.4, 0.5) is 0 Å². The lowest BCUT2D eigenvalue weighted by atomic mass is 9.70. The molecule has 1 aliphatic carbocycles. The normalized spacial score (nSPS) is 20.8. The van der Waals surface area contributed by atoms with Crippen LogP contribution in [0.1, 0.15) is 70.0 Å². The average Bonchev–Trinajstić information content (AvgIpc) is 2.42. The Bertz CT molecular complexity index is 394. The molecule has 1 aliphatic rings. The van der Waals surface area contributed by atoms with Crippen LogP contribution in [0.25, 0.3) is 0 Å². The third-order valence-corrected chi connectivity index (χ3v) is 4.91. The summed E-state index contributed by atoms with van der Waals surface area (Å²) < 4.78 is 0. The van der Waals surface area contributed by atoms with Crippen LogP contribution in [-0.2, 0) is 0 Å². The first kappa shape index (κ1) is 15.6. The Kier molecular flexibility index (Phi) is 5.26. The summed E-state index contributed by atoms with van der Waals surface area (Å²) in [6, 6.07) is 9.70. The van der Waals surface area contributed by atoms with Crippen molar-refractivity contribution in [3.05, 3.63) is 35.4 Å². The molecule has 1 aromatic carbocycles. The summed E-state index contributed by atoms with van der Waals surface area (Å²) in [5.74, 6) is 0.803. The molecule has 0 aromatic heterocycles. The van der Waals surface area contributed by atoms with Crippen molar-refractivity contribution in [3.63, 3.8) is 0 Å². The molecule has 2 rings (SSSR count). The molecular weight excluding hydrogens is 242 g/mol. The molecule has 0 bridgehead atoms. The molecule has 1 N–H and O–H groups in total. The molecule has 112 valence electrons. The zero-order valence-corrected chi connectivity index (χ0v) is 13.7. The molecule has 1 saturated carbocycles. The molecule has 1 heteroatoms. The van der Waals surface area contributed by atoms with Gasteiger partial charge in [-0.1, -0.05) is 50.6 Å². The third-order valence-electron chi connectivity index (χ3n) is 4.91. The maximum absolute atomic E-state index is 3.80. The lowest BCUT2D eigenvalue weighted by molar-refractivity contribution is 0.161. The van der Waals surface area contributed by atoms with E-state index in [1.54, 1.807) is 0 Å². The van der Waals surface area contributed by atoms with Gasteiger partial charge in [0.25, 0.3) is 0 Å². The van der Waals surface area contributed by atoms with Crippen molar-refractivity contribution in [1.82, 2.24) is 5.32 Å². The second-order valence-corrected chi connectivity index (χ2v) is 7.34. The van der Waals surface area contributed by atoms with Gasteiger partial charge in [0.15, 0.2) is 0 Å².